The summed E-state index contributed by atoms with van der Waals surface area (Å²) in [7, 11) is 0. The summed E-state index contributed by atoms with van der Waals surface area (Å²) in [6.45, 7) is 16.0. The van der Waals surface area contributed by atoms with Gasteiger partial charge in [0.25, 0.3) is 0 Å². The second-order valence-corrected chi connectivity index (χ2v) is 35.5. The van der Waals surface area contributed by atoms with Crippen molar-refractivity contribution in [3.63, 3.8) is 0 Å². The standard InChI is InChI=1S/C10H12FNO2.C10H13NO3.C10H13NO2.3C8H10N2O2.C8H15NO2.C7H16N2O2.C7H15NO2.C6H11NO4.C5H12N2O2.C5H9NO4.C4H9NO2.4CH4/c1-10(12,9(13)14)6-7-4-2-3-5-8(7)11;1-10(11,9(13)14)6-7-2-4-8(12)5-3-7;1-10(11,9(12)13)7-8-5-3-2-4-6-8;9-7(8(11)12)5-6-1-3-10-4-2-6;9-7(8(11)12)4-6-2-1-3-10-5-6;9-7(8(11)12)5-6-3-1-2-4-10-6;9-5-6-1-3-7(4-2-6)8(10)11;1-7(9,6(10)11)4-2-3-5-8;1-5(2)4-7(3,8)6(9)10;7-4(6(10)11)2-1-3-5(8)9;6-3-1-2-4(7)5(8)9;6-3(5(9)10)1-2-4(7)8;1-4(2,5)3(6)7;;;;/h2-5H,6,12H2,1H3,(H,13,14);2-5,12H,6,11H2,1H3,(H,13,14);2-6H,7,11H2,1H3,(H,12,13);1-4,7H,5,9H2,(H,11,12);1-3,5,7H,4,9H2,(H,11,12);1-4,7H,5,9H2,(H,11,12);6-7H,1-5,9H2,(H,10,11);2-5,8-9H2,1H3,(H,10,11);5H,4,8H2,1-3H3,(H,9,10);4H,1-3,7H2,(H,8,9)(H,10,11);4H,1-3,6-7H2,(H,8,9);3H,1-2,6H2,(H,7,8)(H,9,10);5H2,1-2H3,(H,6,7);4*1H4/t3*10-;3*7-;;2*7-;2*4-;3-;;;;;/m000000.00001...../s1. The number of rotatable bonds is 42. The zero-order valence-corrected chi connectivity index (χ0v) is 83.8. The summed E-state index contributed by atoms with van der Waals surface area (Å²) in [6.07, 6.45) is 17.2. The number of phenols is 1. The van der Waals surface area contributed by atoms with Gasteiger partial charge >= 0.3 is 89.5 Å². The number of benzene rings is 3. The molecule has 1 aliphatic rings. The quantitative estimate of drug-likeness (QED) is 0.0223. The highest BCUT2D eigenvalue weighted by atomic mass is 19.1. The van der Waals surface area contributed by atoms with Gasteiger partial charge in [-0.05, 0) is 253 Å². The average molecular weight is 2140 g/mol. The number of nitrogens with two attached hydrogens (primary N) is 15. The zero-order valence-electron chi connectivity index (χ0n) is 83.8. The van der Waals surface area contributed by atoms with Gasteiger partial charge in [0.2, 0.25) is 0 Å². The lowest BCUT2D eigenvalue weighted by Gasteiger charge is -2.24. The van der Waals surface area contributed by atoms with E-state index in [1.54, 1.807) is 97.7 Å². The summed E-state index contributed by atoms with van der Waals surface area (Å²) in [6, 6.07) is 28.8. The van der Waals surface area contributed by atoms with Crippen LogP contribution in [0.2, 0.25) is 0 Å². The number of aromatic nitrogens is 3. The van der Waals surface area contributed by atoms with E-state index >= 15 is 0 Å². The number of carbonyl (C=O) groups is 15. The maximum Gasteiger partial charge on any atom is 0.323 e. The number of unbranched alkanes of at least 4 members (excludes halogenated alkanes) is 1. The molecular formula is C100H171FN18O31. The molecule has 150 heavy (non-hydrogen) atoms. The fraction of sp³-hybridized carbons (Fsp3) is 0.520. The minimum absolute atomic E-state index is 0. The van der Waals surface area contributed by atoms with Crippen molar-refractivity contribution in [2.45, 2.75) is 296 Å². The second kappa shape index (κ2) is 84.1. The molecule has 0 unspecified atom stereocenters. The molecule has 3 heterocycles. The van der Waals surface area contributed by atoms with E-state index in [4.69, 9.17) is 168 Å². The molecule has 11 atom stereocenters. The molecule has 1 aliphatic carbocycles. The molecule has 50 heteroatoms. The number of aliphatic carboxylic acids is 15. The lowest BCUT2D eigenvalue weighted by Crippen LogP contribution is -2.47. The molecule has 46 N–H and O–H groups in total. The Morgan fingerprint density at radius 2 is 0.740 bits per heavy atom. The third-order valence-electron chi connectivity index (χ3n) is 19.7. The van der Waals surface area contributed by atoms with Crippen LogP contribution in [0.25, 0.3) is 0 Å². The molecule has 0 aliphatic heterocycles. The van der Waals surface area contributed by atoms with Crippen molar-refractivity contribution in [3.8, 4) is 5.75 Å². The van der Waals surface area contributed by atoms with Gasteiger partial charge in [0.05, 0.1) is 5.92 Å². The third-order valence-corrected chi connectivity index (χ3v) is 19.7. The molecule has 6 aromatic rings. The number of carboxylic acids is 15. The van der Waals surface area contributed by atoms with E-state index in [1.807, 2.05) is 44.2 Å². The minimum atomic E-state index is -1.43. The largest absolute Gasteiger partial charge is 0.508 e. The molecule has 1 saturated carbocycles. The number of carboxylic acid groups (broad SMARTS) is 15. The highest BCUT2D eigenvalue weighted by Gasteiger charge is 2.33. The lowest BCUT2D eigenvalue weighted by molar-refractivity contribution is -0.144. The van der Waals surface area contributed by atoms with E-state index in [-0.39, 0.29) is 86.3 Å². The van der Waals surface area contributed by atoms with E-state index in [0.29, 0.717) is 94.1 Å². The molecular weight excluding hydrogens is 1970 g/mol. The first-order chi connectivity index (χ1) is 67.3. The Bertz CT molecular complexity index is 4640. The average Bonchev–Trinajstić information content (AvgIpc) is 0.843. The van der Waals surface area contributed by atoms with Crippen LogP contribution < -0.4 is 86.0 Å². The summed E-state index contributed by atoms with van der Waals surface area (Å²) >= 11 is 0. The van der Waals surface area contributed by atoms with Crippen LogP contribution in [0.4, 0.5) is 4.39 Å². The number of nitrogens with zero attached hydrogens (tertiary/aromatic N) is 3. The fourth-order valence-electron chi connectivity index (χ4n) is 10.7. The van der Waals surface area contributed by atoms with Crippen LogP contribution in [-0.2, 0) is 110 Å². The number of pyridine rings is 3. The van der Waals surface area contributed by atoms with Crippen LogP contribution in [0.1, 0.15) is 222 Å². The molecule has 1 fully saturated rings. The van der Waals surface area contributed by atoms with Crippen LogP contribution in [0.5, 0.6) is 5.75 Å². The fourth-order valence-corrected chi connectivity index (χ4v) is 10.7. The van der Waals surface area contributed by atoms with Crippen molar-refractivity contribution in [1.29, 1.82) is 0 Å². The first-order valence-electron chi connectivity index (χ1n) is 45.3. The minimum Gasteiger partial charge on any atom is -0.508 e. The van der Waals surface area contributed by atoms with Crippen LogP contribution in [0.3, 0.4) is 0 Å². The second-order valence-electron chi connectivity index (χ2n) is 35.5. The molecule has 7 rings (SSSR count). The maximum absolute atomic E-state index is 13.1. The molecule has 854 valence electrons. The maximum atomic E-state index is 13.1. The van der Waals surface area contributed by atoms with Crippen molar-refractivity contribution >= 4 is 89.5 Å². The van der Waals surface area contributed by atoms with E-state index < -0.39 is 165 Å². The Hall–Kier alpha value is -13.7. The molecule has 0 amide bonds. The number of phenolic OH excluding ortho intramolecular Hbond substituents is 1. The molecule has 3 aromatic carbocycles. The molecule has 0 bridgehead atoms. The SMILES string of the molecule is C.C.C.C.CC(C)(N)C(=O)O.CC(C)C[C@](C)(N)C(=O)O.C[C@](N)(CCCCN)C(=O)O.C[C@](N)(Cc1ccc(O)cc1)C(=O)O.C[C@](N)(Cc1ccccc1)C(=O)O.C[C@](N)(Cc1ccccc1F)C(=O)O.NCC1CCC(C(=O)O)CC1.NCCC[C@H](N)C(=O)O.N[C@@H](CCCC(=O)O)C(=O)O.N[C@@H](Cc1ccccn1)C(=O)O.N[C@@H](Cc1cccnc1)C(=O)O.N[C@@H](Cc1ccncc1)C(=O)O.N[C@H](CCC(=O)O)C(=O)O. The number of halogens is 1. The predicted octanol–water partition coefficient (Wildman–Crippen LogP) is 5.04. The first kappa shape index (κ1) is 156. The Morgan fingerprint density at radius 1 is 0.367 bits per heavy atom. The Labute approximate surface area is 875 Å². The van der Waals surface area contributed by atoms with Gasteiger partial charge in [0, 0.05) is 75.2 Å². The smallest absolute Gasteiger partial charge is 0.323 e. The van der Waals surface area contributed by atoms with Gasteiger partial charge in [-0.15, -0.1) is 0 Å². The molecule has 49 nitrogen and oxygen atoms in total. The Morgan fingerprint density at radius 3 is 1.09 bits per heavy atom. The van der Waals surface area contributed by atoms with Gasteiger partial charge in [-0.3, -0.25) is 86.9 Å². The van der Waals surface area contributed by atoms with Crippen LogP contribution in [-0.4, -0.2) is 275 Å². The van der Waals surface area contributed by atoms with Gasteiger partial charge in [-0.2, -0.15) is 0 Å². The van der Waals surface area contributed by atoms with Crippen LogP contribution in [0, 0.1) is 23.6 Å². The summed E-state index contributed by atoms with van der Waals surface area (Å²) in [5, 5.41) is 136. The van der Waals surface area contributed by atoms with E-state index in [9.17, 15) is 76.3 Å². The number of hydrogen-bond donors (Lipinski definition) is 31. The third kappa shape index (κ3) is 84.2. The van der Waals surface area contributed by atoms with Gasteiger partial charge in [0.15, 0.2) is 0 Å². The first-order valence-corrected chi connectivity index (χ1v) is 45.3. The number of hydrogen-bond acceptors (Lipinski definition) is 34. The highest BCUT2D eigenvalue weighted by molar-refractivity contribution is 5.81. The molecule has 0 radical (unpaired) electrons. The lowest BCUT2D eigenvalue weighted by atomic mass is 9.82. The molecule has 3 aromatic heterocycles. The topological polar surface area (TPSA) is 1010 Å². The van der Waals surface area contributed by atoms with Crippen LogP contribution >= 0.6 is 0 Å². The van der Waals surface area contributed by atoms with Crippen molar-refractivity contribution < 1.29 is 158 Å². The van der Waals surface area contributed by atoms with Crippen molar-refractivity contribution in [3.05, 3.63) is 192 Å². The summed E-state index contributed by atoms with van der Waals surface area (Å²) in [5.74, 6) is -14.3. The van der Waals surface area contributed by atoms with Gasteiger partial charge < -0.3 is 168 Å². The summed E-state index contributed by atoms with van der Waals surface area (Å²) < 4.78 is 13.1. The number of aromatic hydroxyl groups is 1. The monoisotopic (exact) mass is 2140 g/mol. The van der Waals surface area contributed by atoms with Gasteiger partial charge in [0.1, 0.15) is 81.1 Å². The molecule has 0 saturated heterocycles. The zero-order chi connectivity index (χ0) is 114. The van der Waals surface area contributed by atoms with E-state index in [2.05, 4.69) is 15.0 Å². The normalized spacial score (nSPS) is 14.7. The van der Waals surface area contributed by atoms with Crippen molar-refractivity contribution in [2.75, 3.05) is 19.6 Å². The van der Waals surface area contributed by atoms with E-state index in [1.165, 1.54) is 72.7 Å². The van der Waals surface area contributed by atoms with Crippen LogP contribution in [0.15, 0.2) is 152 Å². The Kier molecular flexibility index (Phi) is 87.7. The van der Waals surface area contributed by atoms with E-state index in [0.717, 1.165) is 60.8 Å². The summed E-state index contributed by atoms with van der Waals surface area (Å²) in [4.78, 5) is 166. The van der Waals surface area contributed by atoms with Crippen molar-refractivity contribution in [1.82, 2.24) is 15.0 Å². The van der Waals surface area contributed by atoms with Crippen molar-refractivity contribution in [2.24, 2.45) is 104 Å². The van der Waals surface area contributed by atoms with Gasteiger partial charge in [-0.25, -0.2) is 4.39 Å². The highest BCUT2D eigenvalue weighted by Crippen LogP contribution is 2.28. The summed E-state index contributed by atoms with van der Waals surface area (Å²) in [5.41, 5.74) is 77.1. The molecule has 0 spiro atoms. The predicted molar refractivity (Wildman–Crippen MR) is 565 cm³/mol. The Balaban J connectivity index is -0.000000177. The van der Waals surface area contributed by atoms with Gasteiger partial charge in [-0.1, -0.05) is 116 Å².